The molecule has 196 valence electrons. The van der Waals surface area contributed by atoms with Gasteiger partial charge in [-0.3, -0.25) is 9.59 Å². The summed E-state index contributed by atoms with van der Waals surface area (Å²) in [5.74, 6) is 0.00865. The summed E-state index contributed by atoms with van der Waals surface area (Å²) in [6.07, 6.45) is 0.355. The molecule has 0 aliphatic carbocycles. The van der Waals surface area contributed by atoms with Crippen molar-refractivity contribution in [1.82, 2.24) is 10.2 Å². The van der Waals surface area contributed by atoms with E-state index in [0.717, 1.165) is 22.3 Å². The van der Waals surface area contributed by atoms with Gasteiger partial charge in [-0.2, -0.15) is 0 Å². The fraction of sp³-hybridized carbons (Fsp3) is 0.333. The van der Waals surface area contributed by atoms with Crippen molar-refractivity contribution in [2.24, 2.45) is 0 Å². The van der Waals surface area contributed by atoms with E-state index in [4.69, 9.17) is 27.9 Å². The van der Waals surface area contributed by atoms with Crippen LogP contribution < -0.4 is 10.1 Å². The van der Waals surface area contributed by atoms with Crippen LogP contribution in [0, 0.1) is 13.8 Å². The average molecular weight is 542 g/mol. The monoisotopic (exact) mass is 540 g/mol. The SMILES string of the molecule is Cc1cc(OCC(=O)N(Cc2cccc(Cl)c2)[C@@H](Cc2ccccc2)C(=O)NC(C)(C)C)cc(C)c1Cl. The lowest BCUT2D eigenvalue weighted by atomic mass is 10.0. The van der Waals surface area contributed by atoms with Crippen LogP contribution in [0.15, 0.2) is 66.7 Å². The lowest BCUT2D eigenvalue weighted by Crippen LogP contribution is -2.55. The number of nitrogens with one attached hydrogen (secondary N) is 1. The maximum Gasteiger partial charge on any atom is 0.261 e. The largest absolute Gasteiger partial charge is 0.484 e. The molecule has 0 spiro atoms. The van der Waals surface area contributed by atoms with Crippen molar-refractivity contribution in [1.29, 1.82) is 0 Å². The number of amides is 2. The molecule has 1 N–H and O–H groups in total. The quantitative estimate of drug-likeness (QED) is 0.335. The number of ether oxygens (including phenoxy) is 1. The summed E-state index contributed by atoms with van der Waals surface area (Å²) in [5.41, 5.74) is 3.04. The molecule has 0 heterocycles. The third-order valence-corrected chi connectivity index (χ3v) is 6.61. The van der Waals surface area contributed by atoms with E-state index in [9.17, 15) is 9.59 Å². The zero-order chi connectivity index (χ0) is 27.2. The van der Waals surface area contributed by atoms with Crippen LogP contribution in [0.25, 0.3) is 0 Å². The van der Waals surface area contributed by atoms with Crippen LogP contribution in [0.5, 0.6) is 5.75 Å². The number of hydrogen-bond acceptors (Lipinski definition) is 3. The van der Waals surface area contributed by atoms with Gasteiger partial charge in [0, 0.05) is 28.5 Å². The van der Waals surface area contributed by atoms with E-state index in [2.05, 4.69) is 5.32 Å². The van der Waals surface area contributed by atoms with Crippen LogP contribution in [0.1, 0.15) is 43.0 Å². The molecule has 0 unspecified atom stereocenters. The smallest absolute Gasteiger partial charge is 0.261 e. The number of carbonyl (C=O) groups excluding carboxylic acids is 2. The number of aryl methyl sites for hydroxylation is 2. The van der Waals surface area contributed by atoms with Crippen molar-refractivity contribution in [2.45, 2.75) is 59.2 Å². The van der Waals surface area contributed by atoms with E-state index in [1.807, 2.05) is 77.1 Å². The minimum atomic E-state index is -0.759. The summed E-state index contributed by atoms with van der Waals surface area (Å²) >= 11 is 12.5. The molecule has 0 radical (unpaired) electrons. The number of benzene rings is 3. The molecule has 1 atom stereocenters. The summed E-state index contributed by atoms with van der Waals surface area (Å²) in [6, 6.07) is 19.8. The van der Waals surface area contributed by atoms with Gasteiger partial charge in [-0.1, -0.05) is 65.7 Å². The number of halogens is 2. The van der Waals surface area contributed by atoms with Gasteiger partial charge < -0.3 is 15.0 Å². The van der Waals surface area contributed by atoms with Gasteiger partial charge in [-0.05, 0) is 81.1 Å². The fourth-order valence-electron chi connectivity index (χ4n) is 4.06. The van der Waals surface area contributed by atoms with Crippen LogP contribution in [-0.4, -0.2) is 34.9 Å². The summed E-state index contributed by atoms with van der Waals surface area (Å²) in [4.78, 5) is 28.9. The van der Waals surface area contributed by atoms with E-state index in [1.165, 1.54) is 0 Å². The average Bonchev–Trinajstić information content (AvgIpc) is 2.82. The Labute approximate surface area is 229 Å². The van der Waals surface area contributed by atoms with Gasteiger partial charge in [-0.25, -0.2) is 0 Å². The minimum Gasteiger partial charge on any atom is -0.484 e. The molecule has 0 aromatic heterocycles. The van der Waals surface area contributed by atoms with E-state index in [-0.39, 0.29) is 25.0 Å². The van der Waals surface area contributed by atoms with Gasteiger partial charge in [0.05, 0.1) is 0 Å². The molecule has 5 nitrogen and oxygen atoms in total. The third kappa shape index (κ3) is 8.51. The van der Waals surface area contributed by atoms with E-state index < -0.39 is 11.6 Å². The third-order valence-electron chi connectivity index (χ3n) is 5.78. The van der Waals surface area contributed by atoms with Crippen LogP contribution in [0.4, 0.5) is 0 Å². The first kappa shape index (κ1) is 28.5. The molecule has 0 aliphatic rings. The molecule has 2 amide bonds. The van der Waals surface area contributed by atoms with Gasteiger partial charge in [0.2, 0.25) is 5.91 Å². The Balaban J connectivity index is 1.94. The summed E-state index contributed by atoms with van der Waals surface area (Å²) in [6.45, 7) is 9.52. The van der Waals surface area contributed by atoms with Gasteiger partial charge in [0.25, 0.3) is 5.91 Å². The zero-order valence-corrected chi connectivity index (χ0v) is 23.5. The van der Waals surface area contributed by atoms with E-state index in [1.54, 1.807) is 29.2 Å². The Morgan fingerprint density at radius 2 is 1.54 bits per heavy atom. The number of nitrogens with zero attached hydrogens (tertiary/aromatic N) is 1. The Morgan fingerprint density at radius 1 is 0.919 bits per heavy atom. The summed E-state index contributed by atoms with van der Waals surface area (Å²) in [5, 5.41) is 4.28. The molecule has 7 heteroatoms. The first-order valence-corrected chi connectivity index (χ1v) is 13.0. The standard InChI is InChI=1S/C30H34Cl2N2O3/c1-20-14-25(15-21(2)28(20)32)37-19-27(35)34(18-23-12-9-13-24(31)16-23)26(29(36)33-30(3,4)5)17-22-10-7-6-8-11-22/h6-16,26H,17-19H2,1-5H3,(H,33,36)/t26-/m0/s1. The van der Waals surface area contributed by atoms with Crippen molar-refractivity contribution in [3.8, 4) is 5.75 Å². The van der Waals surface area contributed by atoms with Crippen LogP contribution >= 0.6 is 23.2 Å². The first-order chi connectivity index (χ1) is 17.4. The molecule has 37 heavy (non-hydrogen) atoms. The fourth-order valence-corrected chi connectivity index (χ4v) is 4.38. The maximum absolute atomic E-state index is 13.7. The molecular weight excluding hydrogens is 507 g/mol. The highest BCUT2D eigenvalue weighted by molar-refractivity contribution is 6.32. The summed E-state index contributed by atoms with van der Waals surface area (Å²) in [7, 11) is 0. The van der Waals surface area contributed by atoms with Crippen LogP contribution in [0.2, 0.25) is 10.0 Å². The summed E-state index contributed by atoms with van der Waals surface area (Å²) < 4.78 is 5.90. The van der Waals surface area contributed by atoms with Crippen molar-refractivity contribution in [3.63, 3.8) is 0 Å². The minimum absolute atomic E-state index is 0.205. The molecular formula is C30H34Cl2N2O3. The first-order valence-electron chi connectivity index (χ1n) is 12.2. The van der Waals surface area contributed by atoms with Crippen molar-refractivity contribution >= 4 is 35.0 Å². The van der Waals surface area contributed by atoms with Crippen LogP contribution in [0.3, 0.4) is 0 Å². The zero-order valence-electron chi connectivity index (χ0n) is 22.0. The predicted molar refractivity (Wildman–Crippen MR) is 150 cm³/mol. The highest BCUT2D eigenvalue weighted by atomic mass is 35.5. The lowest BCUT2D eigenvalue weighted by molar-refractivity contribution is -0.143. The van der Waals surface area contributed by atoms with Crippen molar-refractivity contribution in [2.75, 3.05) is 6.61 Å². The maximum atomic E-state index is 13.7. The molecule has 0 saturated carbocycles. The van der Waals surface area contributed by atoms with Crippen molar-refractivity contribution in [3.05, 3.63) is 99.0 Å². The molecule has 0 saturated heterocycles. The number of carbonyl (C=O) groups is 2. The highest BCUT2D eigenvalue weighted by Crippen LogP contribution is 2.26. The molecule has 0 aliphatic heterocycles. The second-order valence-corrected chi connectivity index (χ2v) is 11.1. The Morgan fingerprint density at radius 3 is 2.14 bits per heavy atom. The lowest BCUT2D eigenvalue weighted by Gasteiger charge is -2.33. The van der Waals surface area contributed by atoms with Gasteiger partial charge in [0.15, 0.2) is 6.61 Å². The number of hydrogen-bond donors (Lipinski definition) is 1. The Bertz CT molecular complexity index is 1220. The molecule has 0 bridgehead atoms. The Kier molecular flexibility index (Phi) is 9.63. The van der Waals surface area contributed by atoms with Gasteiger partial charge in [-0.15, -0.1) is 0 Å². The normalized spacial score (nSPS) is 12.1. The second kappa shape index (κ2) is 12.5. The van der Waals surface area contributed by atoms with Gasteiger partial charge >= 0.3 is 0 Å². The van der Waals surface area contributed by atoms with Gasteiger partial charge in [0.1, 0.15) is 11.8 Å². The molecule has 0 fully saturated rings. The number of rotatable bonds is 9. The highest BCUT2D eigenvalue weighted by Gasteiger charge is 2.32. The van der Waals surface area contributed by atoms with Crippen LogP contribution in [-0.2, 0) is 22.6 Å². The predicted octanol–water partition coefficient (Wildman–Crippen LogP) is 6.54. The molecule has 3 aromatic rings. The molecule has 3 aromatic carbocycles. The Hall–Kier alpha value is -3.02. The second-order valence-electron chi connectivity index (χ2n) is 10.3. The van der Waals surface area contributed by atoms with Crippen molar-refractivity contribution < 1.29 is 14.3 Å². The van der Waals surface area contributed by atoms with E-state index in [0.29, 0.717) is 22.2 Å². The van der Waals surface area contributed by atoms with E-state index >= 15 is 0 Å². The topological polar surface area (TPSA) is 58.6 Å². The molecule has 3 rings (SSSR count).